The molecule has 0 fully saturated rings. The van der Waals surface area contributed by atoms with Crippen molar-refractivity contribution in [2.24, 2.45) is 5.73 Å². The maximum Gasteiger partial charge on any atom is 0.115 e. The summed E-state index contributed by atoms with van der Waals surface area (Å²) in [4.78, 5) is 0. The molecular formula is C13H21NO. The van der Waals surface area contributed by atoms with Gasteiger partial charge in [-0.05, 0) is 37.0 Å². The third-order valence-electron chi connectivity index (χ3n) is 2.82. The molecule has 0 amide bonds. The predicted molar refractivity (Wildman–Crippen MR) is 64.0 cm³/mol. The lowest BCUT2D eigenvalue weighted by Crippen LogP contribution is -2.24. The van der Waals surface area contributed by atoms with E-state index < -0.39 is 0 Å². The molecule has 0 bridgehead atoms. The van der Waals surface area contributed by atoms with Crippen molar-refractivity contribution in [3.05, 3.63) is 29.8 Å². The van der Waals surface area contributed by atoms with Gasteiger partial charge in [0.2, 0.25) is 0 Å². The lowest BCUT2D eigenvalue weighted by molar-refractivity contribution is 0.472. The Labute approximate surface area is 92.1 Å². The van der Waals surface area contributed by atoms with Gasteiger partial charge in [-0.15, -0.1) is 0 Å². The molecule has 0 aliphatic carbocycles. The van der Waals surface area contributed by atoms with Crippen LogP contribution in [0.4, 0.5) is 0 Å². The highest BCUT2D eigenvalue weighted by Crippen LogP contribution is 2.26. The van der Waals surface area contributed by atoms with Gasteiger partial charge in [0.25, 0.3) is 0 Å². The average molecular weight is 207 g/mol. The van der Waals surface area contributed by atoms with Crippen LogP contribution in [0.25, 0.3) is 0 Å². The summed E-state index contributed by atoms with van der Waals surface area (Å²) in [6.07, 6.45) is 3.52. The van der Waals surface area contributed by atoms with Crippen LogP contribution in [-0.2, 0) is 0 Å². The maximum atomic E-state index is 9.22. The van der Waals surface area contributed by atoms with Gasteiger partial charge in [-0.3, -0.25) is 0 Å². The van der Waals surface area contributed by atoms with Crippen molar-refractivity contribution in [3.63, 3.8) is 0 Å². The summed E-state index contributed by atoms with van der Waals surface area (Å²) in [5.74, 6) is 0.725. The molecule has 1 aromatic carbocycles. The highest BCUT2D eigenvalue weighted by Gasteiger charge is 2.15. The van der Waals surface area contributed by atoms with E-state index in [-0.39, 0.29) is 6.04 Å². The molecule has 0 spiro atoms. The molecule has 3 N–H and O–H groups in total. The molecule has 0 saturated carbocycles. The molecular weight excluding hydrogens is 186 g/mol. The first-order chi connectivity index (χ1) is 7.15. The summed E-state index contributed by atoms with van der Waals surface area (Å²) in [5, 5.41) is 9.22. The van der Waals surface area contributed by atoms with Gasteiger partial charge >= 0.3 is 0 Å². The molecule has 0 radical (unpaired) electrons. The summed E-state index contributed by atoms with van der Waals surface area (Å²) >= 11 is 0. The lowest BCUT2D eigenvalue weighted by Gasteiger charge is -2.21. The van der Waals surface area contributed by atoms with Crippen LogP contribution in [0.3, 0.4) is 0 Å². The number of benzene rings is 1. The van der Waals surface area contributed by atoms with Crippen molar-refractivity contribution in [1.29, 1.82) is 0 Å². The first-order valence-corrected chi connectivity index (χ1v) is 5.69. The summed E-state index contributed by atoms with van der Waals surface area (Å²) in [6, 6.07) is 7.58. The summed E-state index contributed by atoms with van der Waals surface area (Å²) in [6.45, 7) is 4.24. The molecule has 0 saturated heterocycles. The summed E-state index contributed by atoms with van der Waals surface area (Å²) in [7, 11) is 0. The summed E-state index contributed by atoms with van der Waals surface area (Å²) < 4.78 is 0. The molecule has 0 aromatic heterocycles. The van der Waals surface area contributed by atoms with Crippen LogP contribution in [0, 0.1) is 0 Å². The average Bonchev–Trinajstić information content (AvgIpc) is 2.21. The molecule has 2 atom stereocenters. The van der Waals surface area contributed by atoms with Crippen LogP contribution in [0.2, 0.25) is 0 Å². The minimum Gasteiger partial charge on any atom is -0.508 e. The van der Waals surface area contributed by atoms with Crippen molar-refractivity contribution in [2.45, 2.75) is 45.1 Å². The molecule has 0 heterocycles. The van der Waals surface area contributed by atoms with E-state index in [2.05, 4.69) is 6.92 Å². The first-order valence-electron chi connectivity index (χ1n) is 5.69. The lowest BCUT2D eigenvalue weighted by atomic mass is 9.88. The zero-order valence-corrected chi connectivity index (χ0v) is 9.61. The fourth-order valence-electron chi connectivity index (χ4n) is 1.88. The Morgan fingerprint density at radius 2 is 1.87 bits per heavy atom. The smallest absolute Gasteiger partial charge is 0.115 e. The fraction of sp³-hybridized carbons (Fsp3) is 0.538. The van der Waals surface area contributed by atoms with E-state index >= 15 is 0 Å². The Bertz CT molecular complexity index is 279. The van der Waals surface area contributed by atoms with Crippen LogP contribution >= 0.6 is 0 Å². The first kappa shape index (κ1) is 12.1. The maximum absolute atomic E-state index is 9.22. The Hall–Kier alpha value is -1.02. The zero-order chi connectivity index (χ0) is 11.3. The van der Waals surface area contributed by atoms with Crippen LogP contribution in [0.1, 0.15) is 44.6 Å². The predicted octanol–water partition coefficient (Wildman–Crippen LogP) is 3.01. The number of nitrogens with two attached hydrogens (primary N) is 1. The van der Waals surface area contributed by atoms with E-state index in [0.29, 0.717) is 11.7 Å². The second-order valence-electron chi connectivity index (χ2n) is 4.20. The van der Waals surface area contributed by atoms with Crippen LogP contribution in [-0.4, -0.2) is 11.1 Å². The Balaban J connectivity index is 2.74. The second kappa shape index (κ2) is 5.76. The minimum absolute atomic E-state index is 0.168. The highest BCUT2D eigenvalue weighted by atomic mass is 16.3. The molecule has 1 aromatic rings. The monoisotopic (exact) mass is 207 g/mol. The Morgan fingerprint density at radius 3 is 2.33 bits per heavy atom. The van der Waals surface area contributed by atoms with E-state index in [0.717, 1.165) is 6.42 Å². The number of phenolic OH excluding ortho intramolecular Hbond substituents is 1. The van der Waals surface area contributed by atoms with E-state index in [1.807, 2.05) is 19.1 Å². The van der Waals surface area contributed by atoms with Gasteiger partial charge in [0.05, 0.1) is 0 Å². The van der Waals surface area contributed by atoms with Crippen molar-refractivity contribution >= 4 is 0 Å². The van der Waals surface area contributed by atoms with Gasteiger partial charge in [-0.25, -0.2) is 0 Å². The topological polar surface area (TPSA) is 46.2 Å². The normalized spacial score (nSPS) is 14.9. The van der Waals surface area contributed by atoms with Gasteiger partial charge < -0.3 is 10.8 Å². The molecule has 2 unspecified atom stereocenters. The van der Waals surface area contributed by atoms with Gasteiger partial charge in [-0.1, -0.05) is 31.9 Å². The van der Waals surface area contributed by atoms with Gasteiger partial charge in [-0.2, -0.15) is 0 Å². The van der Waals surface area contributed by atoms with Crippen molar-refractivity contribution in [2.75, 3.05) is 0 Å². The van der Waals surface area contributed by atoms with Gasteiger partial charge in [0, 0.05) is 6.04 Å². The molecule has 2 nitrogen and oxygen atoms in total. The van der Waals surface area contributed by atoms with E-state index in [4.69, 9.17) is 5.73 Å². The quantitative estimate of drug-likeness (QED) is 0.779. The van der Waals surface area contributed by atoms with Crippen LogP contribution < -0.4 is 5.73 Å². The van der Waals surface area contributed by atoms with E-state index in [1.54, 1.807) is 12.1 Å². The number of unbranched alkanes of at least 4 members (excludes halogenated alkanes) is 1. The number of rotatable bonds is 5. The largest absolute Gasteiger partial charge is 0.508 e. The second-order valence-corrected chi connectivity index (χ2v) is 4.20. The molecule has 0 aliphatic rings. The van der Waals surface area contributed by atoms with Crippen molar-refractivity contribution < 1.29 is 5.11 Å². The van der Waals surface area contributed by atoms with E-state index in [1.165, 1.54) is 18.4 Å². The summed E-state index contributed by atoms with van der Waals surface area (Å²) in [5.41, 5.74) is 7.22. The van der Waals surface area contributed by atoms with Crippen LogP contribution in [0.15, 0.2) is 24.3 Å². The number of phenols is 1. The van der Waals surface area contributed by atoms with Crippen molar-refractivity contribution in [3.8, 4) is 5.75 Å². The van der Waals surface area contributed by atoms with Crippen LogP contribution in [0.5, 0.6) is 5.75 Å². The van der Waals surface area contributed by atoms with Crippen molar-refractivity contribution in [1.82, 2.24) is 0 Å². The molecule has 1 rings (SSSR count). The minimum atomic E-state index is 0.168. The highest BCUT2D eigenvalue weighted by molar-refractivity contribution is 5.29. The van der Waals surface area contributed by atoms with Gasteiger partial charge in [0.15, 0.2) is 0 Å². The third-order valence-corrected chi connectivity index (χ3v) is 2.82. The number of hydrogen-bond donors (Lipinski definition) is 2. The number of hydrogen-bond acceptors (Lipinski definition) is 2. The van der Waals surface area contributed by atoms with Gasteiger partial charge in [0.1, 0.15) is 5.75 Å². The SMILES string of the molecule is CCCCC(c1ccc(O)cc1)C(C)N. The number of aromatic hydroxyl groups is 1. The molecule has 15 heavy (non-hydrogen) atoms. The molecule has 2 heteroatoms. The fourth-order valence-corrected chi connectivity index (χ4v) is 1.88. The standard InChI is InChI=1S/C13H21NO/c1-3-4-5-13(10(2)14)11-6-8-12(15)9-7-11/h6-10,13,15H,3-5,14H2,1-2H3. The Kier molecular flexibility index (Phi) is 4.63. The molecule has 84 valence electrons. The third kappa shape index (κ3) is 3.56. The van der Waals surface area contributed by atoms with E-state index in [9.17, 15) is 5.11 Å². The molecule has 0 aliphatic heterocycles. The zero-order valence-electron chi connectivity index (χ0n) is 9.61. The Morgan fingerprint density at radius 1 is 1.27 bits per heavy atom.